The van der Waals surface area contributed by atoms with Crippen LogP contribution in [0.5, 0.6) is 0 Å². The third kappa shape index (κ3) is 4.79. The Balaban J connectivity index is 0. The fourth-order valence-corrected chi connectivity index (χ4v) is 3.47. The molecule has 0 aliphatic heterocycles. The molecule has 0 saturated carbocycles. The predicted molar refractivity (Wildman–Crippen MR) is 76.5 cm³/mol. The molecule has 0 atom stereocenters. The first-order valence-corrected chi connectivity index (χ1v) is 8.12. The molecule has 2 aromatic carbocycles. The van der Waals surface area contributed by atoms with E-state index in [1.165, 1.54) is 24.3 Å². The molecule has 9 heteroatoms. The Kier molecular flexibility index (Phi) is 7.58. The zero-order chi connectivity index (χ0) is 14.1. The number of halogens is 1. The fourth-order valence-electron chi connectivity index (χ4n) is 1.54. The van der Waals surface area contributed by atoms with Gasteiger partial charge in [-0.3, -0.25) is 4.55 Å². The molecule has 0 heterocycles. The summed E-state index contributed by atoms with van der Waals surface area (Å²) < 4.78 is 55.4. The maximum Gasteiger partial charge on any atom is 1.00 e. The van der Waals surface area contributed by atoms with Gasteiger partial charge in [-0.1, -0.05) is 24.3 Å². The summed E-state index contributed by atoms with van der Waals surface area (Å²) in [5.41, 5.74) is 0. The van der Waals surface area contributed by atoms with Crippen LogP contribution < -0.4 is 29.6 Å². The van der Waals surface area contributed by atoms with E-state index in [0.29, 0.717) is 0 Å². The van der Waals surface area contributed by atoms with Crippen LogP contribution in [0, 0.1) is 0 Å². The Bertz CT molecular complexity index is 810. The van der Waals surface area contributed by atoms with E-state index < -0.39 is 24.9 Å². The van der Waals surface area contributed by atoms with E-state index in [-0.39, 0.29) is 53.2 Å². The van der Waals surface area contributed by atoms with E-state index in [2.05, 4.69) is 0 Å². The molecule has 0 amide bonds. The normalized spacial score (nSPS) is 11.1. The van der Waals surface area contributed by atoms with Gasteiger partial charge in [0.2, 0.25) is 9.84 Å². The van der Waals surface area contributed by atoms with Crippen molar-refractivity contribution in [1.82, 2.24) is 0 Å². The van der Waals surface area contributed by atoms with E-state index in [4.69, 9.17) is 4.55 Å². The maximum atomic E-state index is 12.2. The van der Waals surface area contributed by atoms with Gasteiger partial charge in [0.05, 0.1) is 14.7 Å². The molecule has 0 spiro atoms. The molecule has 0 aliphatic carbocycles. The van der Waals surface area contributed by atoms with Gasteiger partial charge in [0, 0.05) is 0 Å². The van der Waals surface area contributed by atoms with Crippen LogP contribution in [0.4, 0.5) is 0 Å². The molecule has 1 N–H and O–H groups in total. The summed E-state index contributed by atoms with van der Waals surface area (Å²) in [4.78, 5) is -0.583. The number of benzene rings is 2. The monoisotopic (exact) mass is 358 g/mol. The van der Waals surface area contributed by atoms with Crippen LogP contribution >= 0.6 is 12.4 Å². The van der Waals surface area contributed by atoms with Crippen molar-refractivity contribution in [2.45, 2.75) is 14.7 Å². The van der Waals surface area contributed by atoms with Crippen molar-refractivity contribution in [2.75, 3.05) is 0 Å². The summed E-state index contributed by atoms with van der Waals surface area (Å²) in [5.74, 6) is 0. The van der Waals surface area contributed by atoms with Crippen molar-refractivity contribution in [1.29, 1.82) is 0 Å². The van der Waals surface area contributed by atoms with Gasteiger partial charge in [0.25, 0.3) is 10.1 Å². The molecule has 2 aromatic rings. The number of hydrogen-bond acceptors (Lipinski definition) is 4. The summed E-state index contributed by atoms with van der Waals surface area (Å²) >= 11 is 0. The smallest absolute Gasteiger partial charge is 1.00 e. The molecule has 0 aromatic heterocycles. The molecular weight excluding hydrogens is 347 g/mol. The Morgan fingerprint density at radius 3 is 1.76 bits per heavy atom. The van der Waals surface area contributed by atoms with Crippen molar-refractivity contribution in [3.8, 4) is 0 Å². The minimum absolute atomic E-state index is 0. The quantitative estimate of drug-likeness (QED) is 0.579. The number of sulfone groups is 1. The van der Waals surface area contributed by atoms with Gasteiger partial charge in [-0.05, 0) is 30.3 Å². The van der Waals surface area contributed by atoms with Crippen molar-refractivity contribution in [3.05, 3.63) is 54.6 Å². The average molecular weight is 359 g/mol. The molecular formula is C12H12ClNaO5S2. The van der Waals surface area contributed by atoms with Gasteiger partial charge in [0.1, 0.15) is 0 Å². The Hall–Kier alpha value is -0.410. The third-order valence-corrected chi connectivity index (χ3v) is 5.08. The molecule has 0 fully saturated rings. The standard InChI is InChI=1S/C12H10O5S2.ClH.Na.H/c13-18(14,10-5-2-1-3-6-10)11-7-4-8-12(9-11)19(15,16)17;;;/h1-9H,(H,15,16,17);1H;;/q;;+1;-1. The Morgan fingerprint density at radius 2 is 1.24 bits per heavy atom. The Labute approximate surface area is 153 Å². The second-order valence-electron chi connectivity index (χ2n) is 3.77. The first-order chi connectivity index (χ1) is 8.82. The molecule has 0 aliphatic rings. The zero-order valence-electron chi connectivity index (χ0n) is 12.0. The van der Waals surface area contributed by atoms with Crippen molar-refractivity contribution >= 4 is 32.4 Å². The minimum Gasteiger partial charge on any atom is -1.00 e. The van der Waals surface area contributed by atoms with E-state index in [1.807, 2.05) is 0 Å². The van der Waals surface area contributed by atoms with Crippen LogP contribution in [-0.4, -0.2) is 21.4 Å². The van der Waals surface area contributed by atoms with Crippen molar-refractivity contribution < 1.29 is 52.4 Å². The SMILES string of the molecule is Cl.O=S(=O)(O)c1cccc(S(=O)(=O)c2ccccc2)c1.[H-].[Na+]. The summed E-state index contributed by atoms with van der Waals surface area (Å²) in [7, 11) is -8.23. The molecule has 21 heavy (non-hydrogen) atoms. The van der Waals surface area contributed by atoms with Crippen LogP contribution in [0.2, 0.25) is 0 Å². The molecule has 0 saturated heterocycles. The van der Waals surface area contributed by atoms with Gasteiger partial charge < -0.3 is 1.43 Å². The Morgan fingerprint density at radius 1 is 0.762 bits per heavy atom. The topological polar surface area (TPSA) is 88.5 Å². The summed E-state index contributed by atoms with van der Waals surface area (Å²) in [6.45, 7) is 0. The van der Waals surface area contributed by atoms with E-state index in [9.17, 15) is 16.8 Å². The minimum atomic E-state index is -4.43. The third-order valence-electron chi connectivity index (χ3n) is 2.47. The zero-order valence-corrected chi connectivity index (χ0v) is 15.5. The summed E-state index contributed by atoms with van der Waals surface area (Å²) in [6, 6.07) is 12.2. The van der Waals surface area contributed by atoms with Crippen molar-refractivity contribution in [3.63, 3.8) is 0 Å². The molecule has 2 rings (SSSR count). The first kappa shape index (κ1) is 20.6. The van der Waals surface area contributed by atoms with Crippen molar-refractivity contribution in [2.24, 2.45) is 0 Å². The van der Waals surface area contributed by atoms with Crippen LogP contribution in [0.1, 0.15) is 1.43 Å². The fraction of sp³-hybridized carbons (Fsp3) is 0. The van der Waals surface area contributed by atoms with Gasteiger partial charge in [-0.15, -0.1) is 12.4 Å². The van der Waals surface area contributed by atoms with E-state index in [0.717, 1.165) is 12.1 Å². The second kappa shape index (κ2) is 7.73. The van der Waals surface area contributed by atoms with Gasteiger partial charge in [0.15, 0.2) is 0 Å². The van der Waals surface area contributed by atoms with Crippen LogP contribution in [0.3, 0.4) is 0 Å². The van der Waals surface area contributed by atoms with Crippen LogP contribution in [0.25, 0.3) is 0 Å². The molecule has 0 unspecified atom stereocenters. The molecule has 110 valence electrons. The van der Waals surface area contributed by atoms with Crippen LogP contribution in [0.15, 0.2) is 69.3 Å². The first-order valence-electron chi connectivity index (χ1n) is 5.19. The predicted octanol–water partition coefficient (Wildman–Crippen LogP) is -0.696. The maximum absolute atomic E-state index is 12.2. The van der Waals surface area contributed by atoms with E-state index in [1.54, 1.807) is 18.2 Å². The molecule has 0 bridgehead atoms. The van der Waals surface area contributed by atoms with E-state index >= 15 is 0 Å². The largest absolute Gasteiger partial charge is 1.00 e. The van der Waals surface area contributed by atoms with Gasteiger partial charge in [-0.2, -0.15) is 8.42 Å². The second-order valence-corrected chi connectivity index (χ2v) is 7.14. The van der Waals surface area contributed by atoms with Gasteiger partial charge in [-0.25, -0.2) is 8.42 Å². The molecule has 0 radical (unpaired) electrons. The van der Waals surface area contributed by atoms with Crippen LogP contribution in [-0.2, 0) is 20.0 Å². The average Bonchev–Trinajstić information content (AvgIpc) is 2.39. The summed E-state index contributed by atoms with van der Waals surface area (Å²) in [6.07, 6.45) is 0. The molecule has 5 nitrogen and oxygen atoms in total. The number of hydrogen-bond donors (Lipinski definition) is 1. The number of rotatable bonds is 3. The van der Waals surface area contributed by atoms with Gasteiger partial charge >= 0.3 is 29.6 Å². The summed E-state index contributed by atoms with van der Waals surface area (Å²) in [5, 5.41) is 0.